The van der Waals surface area contributed by atoms with Crippen molar-refractivity contribution >= 4 is 11.6 Å². The number of nitrogens with zero attached hydrogens (tertiary/aromatic N) is 2. The second kappa shape index (κ2) is 5.72. The third-order valence-corrected chi connectivity index (χ3v) is 3.76. The summed E-state index contributed by atoms with van der Waals surface area (Å²) in [5, 5.41) is 15.7. The van der Waals surface area contributed by atoms with E-state index in [1.807, 2.05) is 30.3 Å². The molecular weight excluding hydrogens is 296 g/mol. The Bertz CT molecular complexity index is 839. The number of aromatic hydroxyl groups is 1. The maximum Gasteiger partial charge on any atom is 0.348 e. The van der Waals surface area contributed by atoms with Crippen LogP contribution in [0.1, 0.15) is 36.3 Å². The summed E-state index contributed by atoms with van der Waals surface area (Å²) in [6.07, 6.45) is 0.338. The zero-order chi connectivity index (χ0) is 16.6. The van der Waals surface area contributed by atoms with Crippen molar-refractivity contribution in [2.24, 2.45) is 5.10 Å². The van der Waals surface area contributed by atoms with Gasteiger partial charge in [-0.3, -0.25) is 4.79 Å². The van der Waals surface area contributed by atoms with E-state index in [-0.39, 0.29) is 23.3 Å². The Balaban J connectivity index is 2.05. The minimum atomic E-state index is -0.654. The lowest BCUT2D eigenvalue weighted by Crippen LogP contribution is -2.24. The summed E-state index contributed by atoms with van der Waals surface area (Å²) in [6, 6.07) is 10.5. The van der Waals surface area contributed by atoms with Crippen LogP contribution < -0.4 is 5.63 Å². The Morgan fingerprint density at radius 1 is 1.35 bits per heavy atom. The molecule has 0 fully saturated rings. The van der Waals surface area contributed by atoms with Crippen LogP contribution in [0.15, 0.2) is 50.7 Å². The largest absolute Gasteiger partial charge is 0.507 e. The van der Waals surface area contributed by atoms with Crippen molar-refractivity contribution < 1.29 is 14.3 Å². The number of aryl methyl sites for hydroxylation is 1. The summed E-state index contributed by atoms with van der Waals surface area (Å²) in [7, 11) is 0. The molecule has 1 N–H and O–H groups in total. The molecule has 0 aliphatic carbocycles. The van der Waals surface area contributed by atoms with Gasteiger partial charge in [0.05, 0.1) is 11.8 Å². The summed E-state index contributed by atoms with van der Waals surface area (Å²) in [5.41, 5.74) is 0.622. The maximum atomic E-state index is 12.1. The van der Waals surface area contributed by atoms with Gasteiger partial charge < -0.3 is 9.52 Å². The molecule has 3 rings (SSSR count). The highest BCUT2D eigenvalue weighted by molar-refractivity contribution is 6.04. The van der Waals surface area contributed by atoms with Gasteiger partial charge in [0.2, 0.25) is 5.91 Å². The standard InChI is InChI=1S/C17H16N2O4/c1-10-8-15(21)16(17(22)23-10)13-9-14(19(18-13)11(2)20)12-6-4-3-5-7-12/h3-8,14,21H,9H2,1-2H3. The first kappa shape index (κ1) is 15.0. The Kier molecular flexibility index (Phi) is 3.73. The lowest BCUT2D eigenvalue weighted by molar-refractivity contribution is -0.130. The monoisotopic (exact) mass is 312 g/mol. The van der Waals surface area contributed by atoms with E-state index in [1.165, 1.54) is 18.0 Å². The second-order valence-corrected chi connectivity index (χ2v) is 5.45. The molecule has 0 saturated carbocycles. The van der Waals surface area contributed by atoms with Crippen molar-refractivity contribution in [3.63, 3.8) is 0 Å². The molecule has 0 radical (unpaired) electrons. The highest BCUT2D eigenvalue weighted by Gasteiger charge is 2.33. The van der Waals surface area contributed by atoms with E-state index in [4.69, 9.17) is 4.42 Å². The number of hydrogen-bond donors (Lipinski definition) is 1. The van der Waals surface area contributed by atoms with E-state index in [1.54, 1.807) is 6.92 Å². The fourth-order valence-corrected chi connectivity index (χ4v) is 2.75. The van der Waals surface area contributed by atoms with Gasteiger partial charge in [-0.05, 0) is 12.5 Å². The highest BCUT2D eigenvalue weighted by atomic mass is 16.4. The van der Waals surface area contributed by atoms with Crippen LogP contribution in [0.3, 0.4) is 0 Å². The smallest absolute Gasteiger partial charge is 0.348 e. The predicted molar refractivity (Wildman–Crippen MR) is 84.2 cm³/mol. The Morgan fingerprint density at radius 2 is 2.04 bits per heavy atom. The minimum absolute atomic E-state index is 0.0141. The fourth-order valence-electron chi connectivity index (χ4n) is 2.75. The number of benzene rings is 1. The lowest BCUT2D eigenvalue weighted by Gasteiger charge is -2.20. The summed E-state index contributed by atoms with van der Waals surface area (Å²) in [5.74, 6) is -0.0996. The first-order chi connectivity index (χ1) is 11.0. The molecular formula is C17H16N2O4. The van der Waals surface area contributed by atoms with Crippen LogP contribution in [0.25, 0.3) is 0 Å². The summed E-state index contributed by atoms with van der Waals surface area (Å²) < 4.78 is 5.04. The van der Waals surface area contributed by atoms with Crippen LogP contribution in [-0.4, -0.2) is 21.7 Å². The van der Waals surface area contributed by atoms with E-state index >= 15 is 0 Å². The molecule has 2 heterocycles. The van der Waals surface area contributed by atoms with E-state index in [9.17, 15) is 14.7 Å². The molecule has 6 nitrogen and oxygen atoms in total. The first-order valence-corrected chi connectivity index (χ1v) is 7.23. The van der Waals surface area contributed by atoms with Gasteiger partial charge in [0.25, 0.3) is 0 Å². The highest BCUT2D eigenvalue weighted by Crippen LogP contribution is 2.33. The number of hydrazone groups is 1. The molecule has 6 heteroatoms. The maximum absolute atomic E-state index is 12.1. The zero-order valence-electron chi connectivity index (χ0n) is 12.8. The van der Waals surface area contributed by atoms with Gasteiger partial charge in [-0.15, -0.1) is 0 Å². The molecule has 1 amide bonds. The molecule has 0 spiro atoms. The number of carbonyl (C=O) groups is 1. The Labute approximate surface area is 132 Å². The molecule has 1 aromatic carbocycles. The predicted octanol–water partition coefficient (Wildman–Crippen LogP) is 2.35. The van der Waals surface area contributed by atoms with Crippen molar-refractivity contribution in [1.29, 1.82) is 0 Å². The molecule has 1 unspecified atom stereocenters. The van der Waals surface area contributed by atoms with Gasteiger partial charge in [-0.2, -0.15) is 5.10 Å². The first-order valence-electron chi connectivity index (χ1n) is 7.23. The second-order valence-electron chi connectivity index (χ2n) is 5.45. The van der Waals surface area contributed by atoms with E-state index in [0.717, 1.165) is 5.56 Å². The molecule has 1 aliphatic rings. The molecule has 23 heavy (non-hydrogen) atoms. The molecule has 1 aromatic heterocycles. The van der Waals surface area contributed by atoms with Crippen LogP contribution in [0.5, 0.6) is 5.75 Å². The lowest BCUT2D eigenvalue weighted by atomic mass is 9.99. The SMILES string of the molecule is CC(=O)N1N=C(c2c(O)cc(C)oc2=O)CC1c1ccccc1. The molecule has 2 aromatic rings. The summed E-state index contributed by atoms with van der Waals surface area (Å²) >= 11 is 0. The van der Waals surface area contributed by atoms with Gasteiger partial charge in [0.15, 0.2) is 0 Å². The summed E-state index contributed by atoms with van der Waals surface area (Å²) in [4.78, 5) is 23.9. The quantitative estimate of drug-likeness (QED) is 0.922. The van der Waals surface area contributed by atoms with Gasteiger partial charge in [-0.1, -0.05) is 30.3 Å². The third-order valence-electron chi connectivity index (χ3n) is 3.76. The summed E-state index contributed by atoms with van der Waals surface area (Å²) in [6.45, 7) is 3.00. The normalized spacial score (nSPS) is 17.2. The van der Waals surface area contributed by atoms with Crippen LogP contribution in [-0.2, 0) is 4.79 Å². The number of hydrogen-bond acceptors (Lipinski definition) is 5. The molecule has 0 saturated heterocycles. The van der Waals surface area contributed by atoms with Gasteiger partial charge >= 0.3 is 5.63 Å². The molecule has 1 aliphatic heterocycles. The number of amides is 1. The molecule has 118 valence electrons. The zero-order valence-corrected chi connectivity index (χ0v) is 12.8. The molecule has 0 bridgehead atoms. The van der Waals surface area contributed by atoms with Crippen molar-refractivity contribution in [1.82, 2.24) is 5.01 Å². The Morgan fingerprint density at radius 3 is 2.65 bits per heavy atom. The number of carbonyl (C=O) groups excluding carboxylic acids is 1. The van der Waals surface area contributed by atoms with Gasteiger partial charge in [0.1, 0.15) is 17.1 Å². The fraction of sp³-hybridized carbons (Fsp3) is 0.235. The number of rotatable bonds is 2. The Hall–Kier alpha value is -2.89. The minimum Gasteiger partial charge on any atom is -0.507 e. The van der Waals surface area contributed by atoms with Gasteiger partial charge in [0, 0.05) is 19.4 Å². The third kappa shape index (κ3) is 2.75. The molecule has 1 atom stereocenters. The average molecular weight is 312 g/mol. The van der Waals surface area contributed by atoms with Crippen molar-refractivity contribution in [3.05, 3.63) is 63.7 Å². The van der Waals surface area contributed by atoms with Gasteiger partial charge in [-0.25, -0.2) is 9.80 Å². The van der Waals surface area contributed by atoms with Crippen LogP contribution in [0.4, 0.5) is 0 Å². The van der Waals surface area contributed by atoms with E-state index in [2.05, 4.69) is 5.10 Å². The van der Waals surface area contributed by atoms with Crippen molar-refractivity contribution in [2.75, 3.05) is 0 Å². The average Bonchev–Trinajstić information content (AvgIpc) is 2.92. The van der Waals surface area contributed by atoms with Crippen molar-refractivity contribution in [3.8, 4) is 5.75 Å². The van der Waals surface area contributed by atoms with Crippen LogP contribution in [0, 0.1) is 6.92 Å². The van der Waals surface area contributed by atoms with E-state index < -0.39 is 5.63 Å². The van der Waals surface area contributed by atoms with Crippen molar-refractivity contribution in [2.45, 2.75) is 26.3 Å². The van der Waals surface area contributed by atoms with E-state index in [0.29, 0.717) is 17.9 Å². The van der Waals surface area contributed by atoms with Crippen LogP contribution in [0.2, 0.25) is 0 Å². The van der Waals surface area contributed by atoms with Crippen LogP contribution >= 0.6 is 0 Å². The topological polar surface area (TPSA) is 83.1 Å².